The van der Waals surface area contributed by atoms with Gasteiger partial charge in [0.05, 0.1) is 5.69 Å². The fourth-order valence-corrected chi connectivity index (χ4v) is 2.73. The van der Waals surface area contributed by atoms with Crippen LogP contribution in [-0.2, 0) is 6.54 Å². The van der Waals surface area contributed by atoms with Crippen molar-refractivity contribution in [1.29, 1.82) is 0 Å². The van der Waals surface area contributed by atoms with Gasteiger partial charge in [-0.15, -0.1) is 0 Å². The number of pyridine rings is 1. The van der Waals surface area contributed by atoms with E-state index in [0.717, 1.165) is 21.8 Å². The molecule has 7 heteroatoms. The van der Waals surface area contributed by atoms with Gasteiger partial charge in [0.2, 0.25) is 0 Å². The predicted octanol–water partition coefficient (Wildman–Crippen LogP) is 3.29. The van der Waals surface area contributed by atoms with Crippen LogP contribution in [0.25, 0.3) is 0 Å². The number of rotatable bonds is 5. The Morgan fingerprint density at radius 3 is 2.88 bits per heavy atom. The molecule has 3 rings (SSSR count). The fourth-order valence-electron chi connectivity index (χ4n) is 2.19. The Labute approximate surface area is 143 Å². The van der Waals surface area contributed by atoms with Gasteiger partial charge >= 0.3 is 0 Å². The second-order valence-corrected chi connectivity index (χ2v) is 6.28. The summed E-state index contributed by atoms with van der Waals surface area (Å²) in [5, 5.41) is 6.10. The molecule has 0 saturated heterocycles. The van der Waals surface area contributed by atoms with E-state index in [0.29, 0.717) is 18.1 Å². The summed E-state index contributed by atoms with van der Waals surface area (Å²) < 4.78 is 4.12. The summed E-state index contributed by atoms with van der Waals surface area (Å²) in [5.41, 5.74) is 8.77. The highest BCUT2D eigenvalue weighted by Gasteiger charge is 2.10. The Balaban J connectivity index is 1.66. The van der Waals surface area contributed by atoms with Crippen molar-refractivity contribution >= 4 is 34.6 Å². The molecule has 4 N–H and O–H groups in total. The van der Waals surface area contributed by atoms with Gasteiger partial charge in [0.25, 0.3) is 5.91 Å². The molecule has 0 spiro atoms. The van der Waals surface area contributed by atoms with Crippen LogP contribution in [-0.4, -0.2) is 15.3 Å². The summed E-state index contributed by atoms with van der Waals surface area (Å²) in [6.45, 7) is 2.50. The van der Waals surface area contributed by atoms with Crippen LogP contribution in [0.15, 0.2) is 48.7 Å². The third-order valence-corrected chi connectivity index (χ3v) is 4.06. The third kappa shape index (κ3) is 3.88. The molecule has 0 bridgehead atoms. The van der Waals surface area contributed by atoms with E-state index in [1.54, 1.807) is 12.3 Å². The molecule has 0 aliphatic rings. The summed E-state index contributed by atoms with van der Waals surface area (Å²) in [6, 6.07) is 13.1. The van der Waals surface area contributed by atoms with Crippen molar-refractivity contribution in [2.24, 2.45) is 0 Å². The van der Waals surface area contributed by atoms with Crippen molar-refractivity contribution in [3.8, 4) is 0 Å². The average Bonchev–Trinajstić information content (AvgIpc) is 3.01. The van der Waals surface area contributed by atoms with Crippen molar-refractivity contribution in [2.45, 2.75) is 13.5 Å². The number of nitrogens with zero attached hydrogens (tertiary/aromatic N) is 2. The highest BCUT2D eigenvalue weighted by Crippen LogP contribution is 2.17. The lowest BCUT2D eigenvalue weighted by molar-refractivity contribution is 0.102. The molecule has 2 aromatic heterocycles. The van der Waals surface area contributed by atoms with E-state index in [4.69, 9.17) is 5.73 Å². The number of benzene rings is 1. The monoisotopic (exact) mass is 339 g/mol. The minimum absolute atomic E-state index is 0.207. The zero-order valence-corrected chi connectivity index (χ0v) is 13.9. The van der Waals surface area contributed by atoms with Crippen LogP contribution in [0.4, 0.5) is 17.2 Å². The Morgan fingerprint density at radius 2 is 2.12 bits per heavy atom. The van der Waals surface area contributed by atoms with E-state index >= 15 is 0 Å². The number of hydrogen-bond acceptors (Lipinski definition) is 6. The molecule has 1 aromatic carbocycles. The first-order valence-corrected chi connectivity index (χ1v) is 8.17. The zero-order valence-electron chi connectivity index (χ0n) is 13.1. The molecule has 0 aliphatic heterocycles. The van der Waals surface area contributed by atoms with Gasteiger partial charge in [0, 0.05) is 23.3 Å². The van der Waals surface area contributed by atoms with Crippen LogP contribution < -0.4 is 16.4 Å². The second-order valence-electron chi connectivity index (χ2n) is 5.27. The normalized spacial score (nSPS) is 10.4. The number of anilines is 3. The maximum absolute atomic E-state index is 12.2. The summed E-state index contributed by atoms with van der Waals surface area (Å²) >= 11 is 1.31. The number of nitrogen functional groups attached to an aromatic ring is 1. The maximum Gasteiger partial charge on any atom is 0.275 e. The van der Waals surface area contributed by atoms with Crippen molar-refractivity contribution < 1.29 is 4.79 Å². The molecule has 0 saturated carbocycles. The van der Waals surface area contributed by atoms with Gasteiger partial charge in [-0.2, -0.15) is 4.37 Å². The number of amides is 1. The molecule has 0 unspecified atom stereocenters. The molecule has 0 aliphatic carbocycles. The van der Waals surface area contributed by atoms with Crippen LogP contribution in [0.3, 0.4) is 0 Å². The highest BCUT2D eigenvalue weighted by atomic mass is 32.1. The Morgan fingerprint density at radius 1 is 1.25 bits per heavy atom. The molecule has 24 heavy (non-hydrogen) atoms. The van der Waals surface area contributed by atoms with Gasteiger partial charge in [-0.25, -0.2) is 4.98 Å². The predicted molar refractivity (Wildman–Crippen MR) is 97.2 cm³/mol. The molecule has 3 aromatic rings. The number of hydrogen-bond donors (Lipinski definition) is 3. The van der Waals surface area contributed by atoms with Crippen LogP contribution in [0, 0.1) is 6.92 Å². The van der Waals surface area contributed by atoms with Gasteiger partial charge in [0.1, 0.15) is 11.5 Å². The number of aryl methyl sites for hydroxylation is 1. The highest BCUT2D eigenvalue weighted by molar-refractivity contribution is 7.05. The van der Waals surface area contributed by atoms with Crippen LogP contribution in [0.1, 0.15) is 20.9 Å². The number of carbonyl (C=O) groups excluding carboxylic acids is 1. The number of carbonyl (C=O) groups is 1. The Kier molecular flexibility index (Phi) is 4.72. The minimum Gasteiger partial charge on any atom is -0.382 e. The van der Waals surface area contributed by atoms with Crippen molar-refractivity contribution in [3.05, 3.63) is 64.8 Å². The van der Waals surface area contributed by atoms with Gasteiger partial charge in [0.15, 0.2) is 0 Å². The van der Waals surface area contributed by atoms with Crippen molar-refractivity contribution in [1.82, 2.24) is 9.36 Å². The molecule has 0 fully saturated rings. The van der Waals surface area contributed by atoms with Crippen molar-refractivity contribution in [3.63, 3.8) is 0 Å². The first-order valence-electron chi connectivity index (χ1n) is 7.40. The lowest BCUT2D eigenvalue weighted by atomic mass is 10.2. The van der Waals surface area contributed by atoms with E-state index in [9.17, 15) is 4.79 Å². The number of aromatic nitrogens is 2. The largest absolute Gasteiger partial charge is 0.382 e. The topological polar surface area (TPSA) is 92.9 Å². The standard InChI is InChI=1S/C17H17N5OS/c1-11-8-15(22-24-11)17(23)21-13-5-2-4-12(9-13)10-20-14-6-3-7-19-16(14)18/h2-9,20H,10H2,1H3,(H2,18,19)(H,21,23). The molecule has 2 heterocycles. The summed E-state index contributed by atoms with van der Waals surface area (Å²) in [6.07, 6.45) is 1.65. The van der Waals surface area contributed by atoms with E-state index < -0.39 is 0 Å². The number of nitrogens with two attached hydrogens (primary N) is 1. The fraction of sp³-hybridized carbons (Fsp3) is 0.118. The Hall–Kier alpha value is -2.93. The van der Waals surface area contributed by atoms with Gasteiger partial charge in [-0.1, -0.05) is 12.1 Å². The maximum atomic E-state index is 12.2. The first kappa shape index (κ1) is 15.9. The molecule has 122 valence electrons. The van der Waals surface area contributed by atoms with Crippen LogP contribution in [0.5, 0.6) is 0 Å². The first-order chi connectivity index (χ1) is 11.6. The molecule has 1 amide bonds. The smallest absolute Gasteiger partial charge is 0.275 e. The van der Waals surface area contributed by atoms with Gasteiger partial charge in [-0.05, 0) is 54.4 Å². The van der Waals surface area contributed by atoms with Crippen LogP contribution in [0.2, 0.25) is 0 Å². The Bertz CT molecular complexity index is 861. The average molecular weight is 339 g/mol. The van der Waals surface area contributed by atoms with E-state index in [1.807, 2.05) is 43.3 Å². The lowest BCUT2D eigenvalue weighted by Crippen LogP contribution is -2.12. The van der Waals surface area contributed by atoms with Gasteiger partial charge in [-0.3, -0.25) is 4.79 Å². The van der Waals surface area contributed by atoms with Gasteiger partial charge < -0.3 is 16.4 Å². The lowest BCUT2D eigenvalue weighted by Gasteiger charge is -2.10. The quantitative estimate of drug-likeness (QED) is 0.663. The third-order valence-electron chi connectivity index (χ3n) is 3.37. The van der Waals surface area contributed by atoms with Crippen molar-refractivity contribution in [2.75, 3.05) is 16.4 Å². The summed E-state index contributed by atoms with van der Waals surface area (Å²) in [7, 11) is 0. The molecule has 0 radical (unpaired) electrons. The molecule has 6 nitrogen and oxygen atoms in total. The van der Waals surface area contributed by atoms with Crippen LogP contribution >= 0.6 is 11.5 Å². The summed E-state index contributed by atoms with van der Waals surface area (Å²) in [4.78, 5) is 17.2. The SMILES string of the molecule is Cc1cc(C(=O)Nc2cccc(CNc3cccnc3N)c2)ns1. The van der Waals surface area contributed by atoms with E-state index in [1.165, 1.54) is 11.5 Å². The second kappa shape index (κ2) is 7.10. The molecular weight excluding hydrogens is 322 g/mol. The zero-order chi connectivity index (χ0) is 16.9. The van der Waals surface area contributed by atoms with E-state index in [2.05, 4.69) is 20.0 Å². The number of nitrogens with one attached hydrogen (secondary N) is 2. The summed E-state index contributed by atoms with van der Waals surface area (Å²) in [5.74, 6) is 0.252. The van der Waals surface area contributed by atoms with E-state index in [-0.39, 0.29) is 5.91 Å². The molecule has 0 atom stereocenters. The minimum atomic E-state index is -0.207. The molecular formula is C17H17N5OS.